The molecule has 1 fully saturated rings. The summed E-state index contributed by atoms with van der Waals surface area (Å²) in [4.78, 5) is 26.8. The molecule has 2 aromatic carbocycles. The number of hydrogen-bond acceptors (Lipinski definition) is 2. The van der Waals surface area contributed by atoms with Gasteiger partial charge in [-0.3, -0.25) is 9.59 Å². The van der Waals surface area contributed by atoms with Crippen LogP contribution in [0.15, 0.2) is 53.0 Å². The highest BCUT2D eigenvalue weighted by atomic mass is 79.9. The number of carbonyl (C=O) groups excluding carboxylic acids is 2. The minimum Gasteiger partial charge on any atom is -0.339 e. The topological polar surface area (TPSA) is 49.4 Å². The number of rotatable bonds is 4. The monoisotopic (exact) mass is 412 g/mol. The summed E-state index contributed by atoms with van der Waals surface area (Å²) in [7, 11) is 0. The first-order valence-corrected chi connectivity index (χ1v) is 9.48. The Kier molecular flexibility index (Phi) is 5.89. The molecule has 2 aromatic rings. The van der Waals surface area contributed by atoms with Crippen LogP contribution in [0.4, 0.5) is 5.69 Å². The molecule has 1 saturated heterocycles. The lowest BCUT2D eigenvalue weighted by molar-refractivity contribution is -0.111. The van der Waals surface area contributed by atoms with E-state index in [1.54, 1.807) is 6.08 Å². The predicted molar refractivity (Wildman–Crippen MR) is 108 cm³/mol. The van der Waals surface area contributed by atoms with Crippen molar-refractivity contribution >= 4 is 39.5 Å². The Morgan fingerprint density at radius 1 is 1.08 bits per heavy atom. The van der Waals surface area contributed by atoms with Crippen molar-refractivity contribution in [2.45, 2.75) is 19.8 Å². The fraction of sp³-hybridized carbons (Fsp3) is 0.238. The molecule has 1 heterocycles. The Morgan fingerprint density at radius 3 is 2.54 bits per heavy atom. The van der Waals surface area contributed by atoms with Crippen LogP contribution in [0.2, 0.25) is 0 Å². The van der Waals surface area contributed by atoms with Crippen LogP contribution in [0.5, 0.6) is 0 Å². The molecule has 0 aliphatic carbocycles. The van der Waals surface area contributed by atoms with Crippen LogP contribution in [-0.2, 0) is 4.79 Å². The maximum atomic E-state index is 12.6. The summed E-state index contributed by atoms with van der Waals surface area (Å²) in [5, 5.41) is 2.87. The van der Waals surface area contributed by atoms with E-state index < -0.39 is 0 Å². The van der Waals surface area contributed by atoms with Gasteiger partial charge in [-0.15, -0.1) is 0 Å². The fourth-order valence-corrected chi connectivity index (χ4v) is 3.46. The average Bonchev–Trinajstić information content (AvgIpc) is 3.17. The molecule has 0 atom stereocenters. The van der Waals surface area contributed by atoms with Gasteiger partial charge in [0, 0.05) is 34.9 Å². The first-order chi connectivity index (χ1) is 12.6. The van der Waals surface area contributed by atoms with Gasteiger partial charge in [-0.25, -0.2) is 0 Å². The van der Waals surface area contributed by atoms with E-state index in [2.05, 4.69) is 21.2 Å². The molecule has 134 valence electrons. The molecular formula is C21H21BrN2O2. The molecule has 0 bridgehead atoms. The highest BCUT2D eigenvalue weighted by Crippen LogP contribution is 2.22. The standard InChI is InChI=1S/C21H21BrN2O2/c1-15-17(21(26)24-13-4-5-14-24)8-6-10-19(15)23-20(25)12-11-16-7-2-3-9-18(16)22/h2-3,6-12H,4-5,13-14H2,1H3,(H,23,25)/b12-11+. The van der Waals surface area contributed by atoms with Crippen LogP contribution < -0.4 is 5.32 Å². The zero-order chi connectivity index (χ0) is 18.5. The smallest absolute Gasteiger partial charge is 0.254 e. The van der Waals surface area contributed by atoms with Gasteiger partial charge in [0.2, 0.25) is 5.91 Å². The molecule has 1 N–H and O–H groups in total. The van der Waals surface area contributed by atoms with Gasteiger partial charge in [-0.1, -0.05) is 40.2 Å². The van der Waals surface area contributed by atoms with Gasteiger partial charge >= 0.3 is 0 Å². The van der Waals surface area contributed by atoms with Crippen LogP contribution in [-0.4, -0.2) is 29.8 Å². The number of nitrogens with one attached hydrogen (secondary N) is 1. The van der Waals surface area contributed by atoms with Crippen LogP contribution in [0.1, 0.15) is 34.3 Å². The second kappa shape index (κ2) is 8.32. The normalized spacial score (nSPS) is 14.0. The lowest BCUT2D eigenvalue weighted by Crippen LogP contribution is -2.28. The van der Waals surface area contributed by atoms with Crippen molar-refractivity contribution in [3.63, 3.8) is 0 Å². The Labute approximate surface area is 162 Å². The minimum absolute atomic E-state index is 0.0415. The van der Waals surface area contributed by atoms with E-state index in [1.165, 1.54) is 6.08 Å². The summed E-state index contributed by atoms with van der Waals surface area (Å²) in [5.41, 5.74) is 3.04. The molecule has 1 aliphatic heterocycles. The van der Waals surface area contributed by atoms with Gasteiger partial charge in [0.1, 0.15) is 0 Å². The van der Waals surface area contributed by atoms with E-state index in [0.29, 0.717) is 11.3 Å². The first-order valence-electron chi connectivity index (χ1n) is 8.69. The molecule has 3 rings (SSSR count). The average molecular weight is 413 g/mol. The molecule has 0 spiro atoms. The van der Waals surface area contributed by atoms with Crippen LogP contribution >= 0.6 is 15.9 Å². The zero-order valence-corrected chi connectivity index (χ0v) is 16.3. The zero-order valence-electron chi connectivity index (χ0n) is 14.7. The largest absolute Gasteiger partial charge is 0.339 e. The van der Waals surface area contributed by atoms with E-state index in [-0.39, 0.29) is 11.8 Å². The summed E-state index contributed by atoms with van der Waals surface area (Å²) >= 11 is 3.46. The molecule has 2 amide bonds. The number of amides is 2. The highest BCUT2D eigenvalue weighted by molar-refractivity contribution is 9.10. The Hall–Kier alpha value is -2.40. The number of carbonyl (C=O) groups is 2. The third-order valence-electron chi connectivity index (χ3n) is 4.53. The Morgan fingerprint density at radius 2 is 1.81 bits per heavy atom. The highest BCUT2D eigenvalue weighted by Gasteiger charge is 2.21. The van der Waals surface area contributed by atoms with Gasteiger partial charge in [0.05, 0.1) is 0 Å². The minimum atomic E-state index is -0.227. The van der Waals surface area contributed by atoms with E-state index in [1.807, 2.05) is 54.3 Å². The van der Waals surface area contributed by atoms with Gasteiger partial charge in [0.15, 0.2) is 0 Å². The second-order valence-electron chi connectivity index (χ2n) is 6.32. The SMILES string of the molecule is Cc1c(NC(=O)/C=C/c2ccccc2Br)cccc1C(=O)N1CCCC1. The van der Waals surface area contributed by atoms with Gasteiger partial charge < -0.3 is 10.2 Å². The second-order valence-corrected chi connectivity index (χ2v) is 7.18. The van der Waals surface area contributed by atoms with E-state index in [9.17, 15) is 9.59 Å². The van der Waals surface area contributed by atoms with Crippen molar-refractivity contribution in [2.24, 2.45) is 0 Å². The Balaban J connectivity index is 1.73. The number of nitrogens with zero attached hydrogens (tertiary/aromatic N) is 1. The van der Waals surface area contributed by atoms with Crippen LogP contribution in [0, 0.1) is 6.92 Å². The lowest BCUT2D eigenvalue weighted by atomic mass is 10.1. The van der Waals surface area contributed by atoms with Crippen molar-refractivity contribution < 1.29 is 9.59 Å². The number of halogens is 1. The van der Waals surface area contributed by atoms with Crippen molar-refractivity contribution in [3.8, 4) is 0 Å². The maximum absolute atomic E-state index is 12.6. The number of benzene rings is 2. The van der Waals surface area contributed by atoms with Gasteiger partial charge in [-0.2, -0.15) is 0 Å². The lowest BCUT2D eigenvalue weighted by Gasteiger charge is -2.18. The summed E-state index contributed by atoms with van der Waals surface area (Å²) in [6.07, 6.45) is 5.37. The summed E-state index contributed by atoms with van der Waals surface area (Å²) in [6, 6.07) is 13.1. The quantitative estimate of drug-likeness (QED) is 0.743. The summed E-state index contributed by atoms with van der Waals surface area (Å²) in [5.74, 6) is -0.186. The van der Waals surface area contributed by atoms with Gasteiger partial charge in [0.25, 0.3) is 5.91 Å². The first kappa shape index (κ1) is 18.4. The van der Waals surface area contributed by atoms with Crippen LogP contribution in [0.3, 0.4) is 0 Å². The maximum Gasteiger partial charge on any atom is 0.254 e. The number of hydrogen-bond donors (Lipinski definition) is 1. The van der Waals surface area contributed by atoms with Crippen LogP contribution in [0.25, 0.3) is 6.08 Å². The van der Waals surface area contributed by atoms with Gasteiger partial charge in [-0.05, 0) is 55.2 Å². The van der Waals surface area contributed by atoms with Crippen molar-refractivity contribution in [3.05, 3.63) is 69.7 Å². The molecule has 26 heavy (non-hydrogen) atoms. The van der Waals surface area contributed by atoms with Crippen molar-refractivity contribution in [1.82, 2.24) is 4.90 Å². The summed E-state index contributed by atoms with van der Waals surface area (Å²) in [6.45, 7) is 3.49. The molecule has 0 unspecified atom stereocenters. The fourth-order valence-electron chi connectivity index (χ4n) is 3.04. The summed E-state index contributed by atoms with van der Waals surface area (Å²) < 4.78 is 0.929. The molecule has 0 radical (unpaired) electrons. The molecule has 1 aliphatic rings. The van der Waals surface area contributed by atoms with Crippen molar-refractivity contribution in [2.75, 3.05) is 18.4 Å². The van der Waals surface area contributed by atoms with Crippen molar-refractivity contribution in [1.29, 1.82) is 0 Å². The number of likely N-dealkylation sites (tertiary alicyclic amines) is 1. The van der Waals surface area contributed by atoms with E-state index in [0.717, 1.165) is 41.5 Å². The molecule has 5 heteroatoms. The third-order valence-corrected chi connectivity index (χ3v) is 5.26. The molecule has 0 saturated carbocycles. The molecular weight excluding hydrogens is 392 g/mol. The number of anilines is 1. The Bertz CT molecular complexity index is 855. The van der Waals surface area contributed by atoms with E-state index >= 15 is 0 Å². The predicted octanol–water partition coefficient (Wildman–Crippen LogP) is 4.65. The molecule has 4 nitrogen and oxygen atoms in total. The molecule has 0 aromatic heterocycles. The third kappa shape index (κ3) is 4.22. The van der Waals surface area contributed by atoms with E-state index in [4.69, 9.17) is 0 Å².